The van der Waals surface area contributed by atoms with Crippen molar-refractivity contribution in [1.82, 2.24) is 4.57 Å². The van der Waals surface area contributed by atoms with Crippen LogP contribution in [0.15, 0.2) is 65.5 Å². The van der Waals surface area contributed by atoms with E-state index in [-0.39, 0.29) is 4.87 Å². The van der Waals surface area contributed by atoms with Crippen LogP contribution in [0.4, 0.5) is 0 Å². The summed E-state index contributed by atoms with van der Waals surface area (Å²) >= 11 is 1.32. The van der Waals surface area contributed by atoms with Crippen LogP contribution in [-0.4, -0.2) is 4.57 Å². The van der Waals surface area contributed by atoms with Crippen LogP contribution in [0, 0.1) is 13.8 Å². The topological polar surface area (TPSA) is 22.0 Å². The molecular weight excluding hydrogens is 302 g/mol. The van der Waals surface area contributed by atoms with Crippen LogP contribution in [0.5, 0.6) is 0 Å². The zero-order valence-electron chi connectivity index (χ0n) is 14.1. The van der Waals surface area contributed by atoms with Gasteiger partial charge in [0.25, 0.3) is 0 Å². The summed E-state index contributed by atoms with van der Waals surface area (Å²) in [6.45, 7) is 8.30. The van der Waals surface area contributed by atoms with E-state index in [1.807, 2.05) is 73.0 Å². The Hall–Kier alpha value is -2.13. The van der Waals surface area contributed by atoms with Gasteiger partial charge in [-0.2, -0.15) is 0 Å². The molecule has 0 saturated carbocycles. The lowest BCUT2D eigenvalue weighted by Crippen LogP contribution is -2.14. The number of aromatic nitrogens is 1. The molecule has 1 heterocycles. The molecule has 0 bridgehead atoms. The van der Waals surface area contributed by atoms with E-state index in [2.05, 4.69) is 19.9 Å². The van der Waals surface area contributed by atoms with Gasteiger partial charge in [-0.1, -0.05) is 79.8 Å². The first-order valence-corrected chi connectivity index (χ1v) is 8.62. The van der Waals surface area contributed by atoms with Gasteiger partial charge >= 0.3 is 4.87 Å². The number of rotatable bonds is 2. The molecule has 3 rings (SSSR count). The third-order valence-electron chi connectivity index (χ3n) is 3.73. The van der Waals surface area contributed by atoms with Crippen molar-refractivity contribution >= 4 is 11.3 Å². The second-order valence-corrected chi connectivity index (χ2v) is 6.88. The van der Waals surface area contributed by atoms with Crippen LogP contribution in [0.1, 0.15) is 35.9 Å². The van der Waals surface area contributed by atoms with Gasteiger partial charge in [0.2, 0.25) is 0 Å². The maximum Gasteiger partial charge on any atom is 0.312 e. The SMILES string of the molecule is Cc1sc(=O)n(-c2ccccc2C(C)C)c1C.c1ccccc1. The molecule has 0 amide bonds. The maximum absolute atomic E-state index is 12.0. The summed E-state index contributed by atoms with van der Waals surface area (Å²) in [5, 5.41) is 0. The molecule has 23 heavy (non-hydrogen) atoms. The van der Waals surface area contributed by atoms with Gasteiger partial charge in [-0.25, -0.2) is 0 Å². The Labute approximate surface area is 142 Å². The molecule has 3 aromatic rings. The van der Waals surface area contributed by atoms with Crippen molar-refractivity contribution in [2.24, 2.45) is 0 Å². The molecule has 0 aliphatic carbocycles. The number of para-hydroxylation sites is 1. The van der Waals surface area contributed by atoms with Gasteiger partial charge in [0.15, 0.2) is 0 Å². The predicted molar refractivity (Wildman–Crippen MR) is 99.9 cm³/mol. The smallest absolute Gasteiger partial charge is 0.271 e. The Kier molecular flexibility index (Phi) is 5.94. The largest absolute Gasteiger partial charge is 0.312 e. The van der Waals surface area contributed by atoms with Gasteiger partial charge < -0.3 is 0 Å². The highest BCUT2D eigenvalue weighted by molar-refractivity contribution is 7.09. The van der Waals surface area contributed by atoms with Crippen LogP contribution < -0.4 is 4.87 Å². The van der Waals surface area contributed by atoms with Gasteiger partial charge in [0.05, 0.1) is 5.69 Å². The van der Waals surface area contributed by atoms with Crippen LogP contribution in [0.3, 0.4) is 0 Å². The van der Waals surface area contributed by atoms with Gasteiger partial charge in [0, 0.05) is 10.6 Å². The van der Waals surface area contributed by atoms with Crippen molar-refractivity contribution in [3.8, 4) is 5.69 Å². The molecular formula is C20H23NOS. The summed E-state index contributed by atoms with van der Waals surface area (Å²) in [4.78, 5) is 13.2. The van der Waals surface area contributed by atoms with Crippen molar-refractivity contribution in [2.45, 2.75) is 33.6 Å². The fourth-order valence-electron chi connectivity index (χ4n) is 2.39. The van der Waals surface area contributed by atoms with Crippen molar-refractivity contribution in [3.63, 3.8) is 0 Å². The highest BCUT2D eigenvalue weighted by Gasteiger charge is 2.13. The number of hydrogen-bond donors (Lipinski definition) is 0. The van der Waals surface area contributed by atoms with E-state index >= 15 is 0 Å². The molecule has 0 aliphatic heterocycles. The molecule has 0 spiro atoms. The molecule has 1 aromatic heterocycles. The Morgan fingerprint density at radius 1 is 0.870 bits per heavy atom. The normalized spacial score (nSPS) is 10.3. The minimum absolute atomic E-state index is 0.105. The number of hydrogen-bond acceptors (Lipinski definition) is 2. The lowest BCUT2D eigenvalue weighted by Gasteiger charge is -2.14. The average molecular weight is 325 g/mol. The third kappa shape index (κ3) is 4.20. The van der Waals surface area contributed by atoms with Crippen molar-refractivity contribution in [2.75, 3.05) is 0 Å². The summed E-state index contributed by atoms with van der Waals surface area (Å²) in [6, 6.07) is 20.1. The Morgan fingerprint density at radius 3 is 1.83 bits per heavy atom. The first-order valence-electron chi connectivity index (χ1n) is 7.80. The fourth-order valence-corrected chi connectivity index (χ4v) is 3.22. The van der Waals surface area contributed by atoms with Gasteiger partial charge in [0.1, 0.15) is 0 Å². The second kappa shape index (κ2) is 7.93. The van der Waals surface area contributed by atoms with Crippen molar-refractivity contribution in [1.29, 1.82) is 0 Å². The van der Waals surface area contributed by atoms with E-state index in [1.165, 1.54) is 16.9 Å². The predicted octanol–water partition coefficient (Wildman–Crippen LogP) is 5.33. The summed E-state index contributed by atoms with van der Waals surface area (Å²) in [5.41, 5.74) is 3.29. The van der Waals surface area contributed by atoms with Crippen LogP contribution in [0.2, 0.25) is 0 Å². The highest BCUT2D eigenvalue weighted by atomic mass is 32.1. The average Bonchev–Trinajstić information content (AvgIpc) is 2.82. The van der Waals surface area contributed by atoms with E-state index in [0.717, 1.165) is 16.3 Å². The molecule has 0 atom stereocenters. The monoisotopic (exact) mass is 325 g/mol. The molecule has 3 heteroatoms. The summed E-state index contributed by atoms with van der Waals surface area (Å²) in [7, 11) is 0. The minimum Gasteiger partial charge on any atom is -0.271 e. The second-order valence-electron chi connectivity index (χ2n) is 5.71. The third-order valence-corrected chi connectivity index (χ3v) is 4.69. The number of benzene rings is 2. The van der Waals surface area contributed by atoms with Crippen LogP contribution >= 0.6 is 11.3 Å². The first kappa shape index (κ1) is 17.2. The quantitative estimate of drug-likeness (QED) is 0.624. The lowest BCUT2D eigenvalue weighted by atomic mass is 10.0. The first-order chi connectivity index (χ1) is 11.0. The number of aryl methyl sites for hydroxylation is 1. The van der Waals surface area contributed by atoms with E-state index in [0.29, 0.717) is 5.92 Å². The molecule has 120 valence electrons. The fraction of sp³-hybridized carbons (Fsp3) is 0.250. The van der Waals surface area contributed by atoms with Crippen LogP contribution in [-0.2, 0) is 0 Å². The highest BCUT2D eigenvalue weighted by Crippen LogP contribution is 2.24. The standard InChI is InChI=1S/C14H17NOS.C6H6/c1-9(2)12-7-5-6-8-13(12)15-10(3)11(4)17-14(15)16;1-2-4-6-5-3-1/h5-9H,1-4H3;1-6H. The Balaban J connectivity index is 0.000000268. The molecule has 2 nitrogen and oxygen atoms in total. The molecule has 0 N–H and O–H groups in total. The van der Waals surface area contributed by atoms with E-state index in [9.17, 15) is 4.79 Å². The van der Waals surface area contributed by atoms with Gasteiger partial charge in [-0.15, -0.1) is 0 Å². The lowest BCUT2D eigenvalue weighted by molar-refractivity contribution is 0.836. The van der Waals surface area contributed by atoms with E-state index in [4.69, 9.17) is 0 Å². The Morgan fingerprint density at radius 2 is 1.39 bits per heavy atom. The maximum atomic E-state index is 12.0. The van der Waals surface area contributed by atoms with E-state index < -0.39 is 0 Å². The molecule has 2 aromatic carbocycles. The van der Waals surface area contributed by atoms with Crippen molar-refractivity contribution in [3.05, 3.63) is 86.5 Å². The number of nitrogens with zero attached hydrogens (tertiary/aromatic N) is 1. The van der Waals surface area contributed by atoms with Gasteiger partial charge in [-0.3, -0.25) is 9.36 Å². The molecule has 0 aliphatic rings. The zero-order valence-corrected chi connectivity index (χ0v) is 14.9. The molecule has 0 radical (unpaired) electrons. The molecule has 0 saturated heterocycles. The number of thiazole rings is 1. The summed E-state index contributed by atoms with van der Waals surface area (Å²) in [6.07, 6.45) is 0. The molecule has 0 unspecified atom stereocenters. The Bertz CT molecular complexity index is 773. The van der Waals surface area contributed by atoms with Crippen LogP contribution in [0.25, 0.3) is 5.69 Å². The van der Waals surface area contributed by atoms with Gasteiger partial charge in [-0.05, 0) is 31.4 Å². The van der Waals surface area contributed by atoms with Crippen molar-refractivity contribution < 1.29 is 0 Å². The van der Waals surface area contributed by atoms with E-state index in [1.54, 1.807) is 0 Å². The minimum atomic E-state index is 0.105. The zero-order chi connectivity index (χ0) is 16.8. The molecule has 0 fully saturated rings. The summed E-state index contributed by atoms with van der Waals surface area (Å²) in [5.74, 6) is 0.415. The summed E-state index contributed by atoms with van der Waals surface area (Å²) < 4.78 is 1.83.